The van der Waals surface area contributed by atoms with Crippen LogP contribution in [0.4, 0.5) is 0 Å². The standard InChI is InChI=1S/C20H14N4.C8H9O.Co/c1-2-14-10-16-5-6-18(23-16)12-20-8-7-19(24-20)11-17-4-3-15(22-17)9-13(1)21-14;1-7-3-5-8(9-2)6-4-7;/h1-12,21,24H;3-6H,1H2,2H3;. The van der Waals surface area contributed by atoms with E-state index in [1.165, 1.54) is 5.56 Å². The second-order valence-corrected chi connectivity index (χ2v) is 8.24. The monoisotopic (exact) mass is 490 g/mol. The SMILES string of the molecule is C1=Cc2cc3ccc(cc4nc(cc5ccc(cc1n2)[nH]5)C=C4)[nH]3.COc1ccc([CH2][Co])cc1. The quantitative estimate of drug-likeness (QED) is 0.295. The summed E-state index contributed by atoms with van der Waals surface area (Å²) in [5, 5.41) is 0.775. The Morgan fingerprint density at radius 1 is 0.618 bits per heavy atom. The molecule has 0 fully saturated rings. The van der Waals surface area contributed by atoms with Gasteiger partial charge in [0.05, 0.1) is 22.8 Å². The van der Waals surface area contributed by atoms with Crippen LogP contribution in [-0.4, -0.2) is 27.0 Å². The zero-order chi connectivity index (χ0) is 23.3. The second kappa shape index (κ2) is 9.95. The number of methoxy groups -OCH3 is 1. The van der Waals surface area contributed by atoms with Crippen molar-refractivity contribution in [1.82, 2.24) is 19.9 Å². The van der Waals surface area contributed by atoms with Crippen molar-refractivity contribution in [1.29, 1.82) is 0 Å². The van der Waals surface area contributed by atoms with Crippen LogP contribution in [0.2, 0.25) is 0 Å². The molecule has 8 bridgehead atoms. The van der Waals surface area contributed by atoms with Crippen LogP contribution in [0, 0.1) is 0 Å². The van der Waals surface area contributed by atoms with Gasteiger partial charge in [-0.25, -0.2) is 9.97 Å². The summed E-state index contributed by atoms with van der Waals surface area (Å²) in [6, 6.07) is 24.2. The van der Waals surface area contributed by atoms with Crippen molar-refractivity contribution in [2.75, 3.05) is 7.11 Å². The first kappa shape index (κ1) is 21.9. The van der Waals surface area contributed by atoms with Crippen LogP contribution >= 0.6 is 0 Å². The van der Waals surface area contributed by atoms with Gasteiger partial charge < -0.3 is 9.97 Å². The molecule has 3 aromatic heterocycles. The Kier molecular flexibility index (Phi) is 6.42. The molecule has 2 aliphatic heterocycles. The summed E-state index contributed by atoms with van der Waals surface area (Å²) in [6.07, 6.45) is 8.09. The molecule has 0 unspecified atom stereocenters. The van der Waals surface area contributed by atoms with Crippen molar-refractivity contribution in [3.8, 4) is 5.75 Å². The van der Waals surface area contributed by atoms with Crippen LogP contribution in [0.5, 0.6) is 5.75 Å². The van der Waals surface area contributed by atoms with Crippen molar-refractivity contribution in [2.24, 2.45) is 0 Å². The summed E-state index contributed by atoms with van der Waals surface area (Å²) in [5.74, 6) is 0.893. The summed E-state index contributed by atoms with van der Waals surface area (Å²) in [7, 11) is 1.66. The molecular formula is C28H23CoN4O. The number of ether oxygens (including phenoxy) is 1. The van der Waals surface area contributed by atoms with Crippen LogP contribution in [0.1, 0.15) is 28.3 Å². The molecule has 5 heterocycles. The van der Waals surface area contributed by atoms with Crippen LogP contribution in [0.3, 0.4) is 0 Å². The van der Waals surface area contributed by atoms with Gasteiger partial charge >= 0.3 is 68.5 Å². The Labute approximate surface area is 205 Å². The maximum absolute atomic E-state index is 4.99. The molecule has 0 spiro atoms. The van der Waals surface area contributed by atoms with E-state index in [4.69, 9.17) is 4.74 Å². The van der Waals surface area contributed by atoms with Crippen LogP contribution in [-0.2, 0) is 21.1 Å². The molecule has 5 nitrogen and oxygen atoms in total. The van der Waals surface area contributed by atoms with Crippen LogP contribution in [0.15, 0.2) is 72.8 Å². The summed E-state index contributed by atoms with van der Waals surface area (Å²) in [4.78, 5) is 16.0. The van der Waals surface area contributed by atoms with E-state index >= 15 is 0 Å². The first-order chi connectivity index (χ1) is 16.7. The van der Waals surface area contributed by atoms with Gasteiger partial charge in [0, 0.05) is 22.1 Å². The summed E-state index contributed by atoms with van der Waals surface area (Å²) in [5.41, 5.74) is 9.07. The Balaban J connectivity index is 0.000000204. The number of fused-ring (bicyclic) bond motifs is 8. The minimum absolute atomic E-state index is 0.775. The van der Waals surface area contributed by atoms with E-state index < -0.39 is 0 Å². The first-order valence-corrected chi connectivity index (χ1v) is 11.6. The molecule has 0 atom stereocenters. The third-order valence-electron chi connectivity index (χ3n) is 5.34. The van der Waals surface area contributed by atoms with Crippen molar-refractivity contribution < 1.29 is 20.5 Å². The second-order valence-electron chi connectivity index (χ2n) is 7.87. The molecule has 6 rings (SSSR count). The Morgan fingerprint density at radius 3 is 1.32 bits per heavy atom. The zero-order valence-electron chi connectivity index (χ0n) is 18.6. The Bertz CT molecular complexity index is 1330. The Hall–Kier alpha value is -3.87. The van der Waals surface area contributed by atoms with Gasteiger partial charge in [-0.1, -0.05) is 0 Å². The molecule has 170 valence electrons. The van der Waals surface area contributed by atoms with E-state index in [2.05, 4.69) is 59.9 Å². The van der Waals surface area contributed by atoms with E-state index in [0.29, 0.717) is 0 Å². The minimum atomic E-state index is 0.775. The number of hydrogen-bond acceptors (Lipinski definition) is 3. The van der Waals surface area contributed by atoms with Gasteiger partial charge in [-0.3, -0.25) is 0 Å². The van der Waals surface area contributed by atoms with Gasteiger partial charge in [-0.2, -0.15) is 0 Å². The third kappa shape index (κ3) is 5.36. The van der Waals surface area contributed by atoms with E-state index in [1.54, 1.807) is 7.11 Å². The Morgan fingerprint density at radius 2 is 1.00 bits per heavy atom. The van der Waals surface area contributed by atoms with Crippen molar-refractivity contribution in [3.63, 3.8) is 0 Å². The van der Waals surface area contributed by atoms with Gasteiger partial charge in [-0.05, 0) is 72.8 Å². The molecule has 0 amide bonds. The van der Waals surface area contributed by atoms with Crippen molar-refractivity contribution in [2.45, 2.75) is 5.36 Å². The number of benzene rings is 1. The molecule has 4 aromatic rings. The predicted octanol–water partition coefficient (Wildman–Crippen LogP) is 6.40. The van der Waals surface area contributed by atoms with Crippen molar-refractivity contribution in [3.05, 3.63) is 101 Å². The number of hydrogen-bond donors (Lipinski definition) is 2. The number of aromatic nitrogens is 4. The molecule has 2 N–H and O–H groups in total. The molecule has 6 heteroatoms. The molecule has 0 aliphatic carbocycles. The molecule has 1 aromatic carbocycles. The number of aromatic amines is 2. The van der Waals surface area contributed by atoms with E-state index in [-0.39, 0.29) is 0 Å². The normalized spacial score (nSPS) is 11.7. The van der Waals surface area contributed by atoms with Gasteiger partial charge in [0.25, 0.3) is 0 Å². The number of rotatable bonds is 2. The summed E-state index contributed by atoms with van der Waals surface area (Å²) >= 11 is 4.18. The molecule has 2 aliphatic rings. The van der Waals surface area contributed by atoms with E-state index in [1.807, 2.05) is 72.8 Å². The molecule has 0 saturated heterocycles. The van der Waals surface area contributed by atoms with Crippen LogP contribution in [0.25, 0.3) is 46.4 Å². The first-order valence-electron chi connectivity index (χ1n) is 10.9. The zero-order valence-corrected chi connectivity index (χ0v) is 19.6. The fourth-order valence-electron chi connectivity index (χ4n) is 3.65. The fraction of sp³-hybridized carbons (Fsp3) is 0.0714. The molecule has 0 saturated carbocycles. The average Bonchev–Trinajstić information content (AvgIpc) is 3.66. The number of nitrogens with zero attached hydrogens (tertiary/aromatic N) is 2. The van der Waals surface area contributed by atoms with E-state index in [9.17, 15) is 0 Å². The van der Waals surface area contributed by atoms with Crippen molar-refractivity contribution >= 4 is 46.4 Å². The summed E-state index contributed by atoms with van der Waals surface area (Å²) < 4.78 is 4.99. The van der Waals surface area contributed by atoms with Gasteiger partial charge in [0.1, 0.15) is 0 Å². The third-order valence-corrected chi connectivity index (χ3v) is 5.76. The van der Waals surface area contributed by atoms with Gasteiger partial charge in [-0.15, -0.1) is 0 Å². The van der Waals surface area contributed by atoms with Crippen LogP contribution < -0.4 is 4.74 Å². The molecule has 0 radical (unpaired) electrons. The maximum atomic E-state index is 4.99. The predicted molar refractivity (Wildman–Crippen MR) is 136 cm³/mol. The van der Waals surface area contributed by atoms with Gasteiger partial charge in [0.2, 0.25) is 0 Å². The fourth-order valence-corrected chi connectivity index (χ4v) is 3.89. The van der Waals surface area contributed by atoms with E-state index in [0.717, 1.165) is 55.9 Å². The number of nitrogens with one attached hydrogen (secondary N) is 2. The molecular weight excluding hydrogens is 467 g/mol. The average molecular weight is 490 g/mol. The molecule has 34 heavy (non-hydrogen) atoms. The number of H-pyrrole nitrogens is 2. The van der Waals surface area contributed by atoms with Gasteiger partial charge in [0.15, 0.2) is 0 Å². The summed E-state index contributed by atoms with van der Waals surface area (Å²) in [6.45, 7) is 0. The topological polar surface area (TPSA) is 66.6 Å².